The molecule has 0 saturated carbocycles. The standard InChI is InChI=1S/C19H18N2O3/c22-17-7-6-13-11-14(16-5-1-2-8-20-16)19(23)24-18(13)15(17)12-21-9-3-4-10-21/h1-2,5-8,11,22H,3-4,9-10,12H2. The highest BCUT2D eigenvalue weighted by atomic mass is 16.4. The maximum atomic E-state index is 12.4. The first-order valence-corrected chi connectivity index (χ1v) is 8.15. The smallest absolute Gasteiger partial charge is 0.345 e. The molecule has 5 nitrogen and oxygen atoms in total. The Kier molecular flexibility index (Phi) is 3.78. The van der Waals surface area contributed by atoms with Crippen LogP contribution >= 0.6 is 0 Å². The van der Waals surface area contributed by atoms with Gasteiger partial charge in [-0.2, -0.15) is 0 Å². The predicted octanol–water partition coefficient (Wildman–Crippen LogP) is 3.16. The van der Waals surface area contributed by atoms with Gasteiger partial charge in [0.15, 0.2) is 0 Å². The molecular weight excluding hydrogens is 304 g/mol. The van der Waals surface area contributed by atoms with Gasteiger partial charge in [0.1, 0.15) is 11.3 Å². The summed E-state index contributed by atoms with van der Waals surface area (Å²) in [5.74, 6) is 0.170. The lowest BCUT2D eigenvalue weighted by Gasteiger charge is -2.16. The van der Waals surface area contributed by atoms with Crippen LogP contribution in [-0.2, 0) is 6.54 Å². The van der Waals surface area contributed by atoms with Crippen molar-refractivity contribution in [1.29, 1.82) is 0 Å². The van der Waals surface area contributed by atoms with E-state index in [0.29, 0.717) is 28.9 Å². The molecule has 2 aromatic heterocycles. The molecule has 1 fully saturated rings. The third kappa shape index (κ3) is 2.67. The number of aromatic hydroxyl groups is 1. The maximum absolute atomic E-state index is 12.4. The van der Waals surface area contributed by atoms with Crippen molar-refractivity contribution in [1.82, 2.24) is 9.88 Å². The highest BCUT2D eigenvalue weighted by Crippen LogP contribution is 2.30. The fourth-order valence-corrected chi connectivity index (χ4v) is 3.25. The van der Waals surface area contributed by atoms with Crippen LogP contribution in [0.4, 0.5) is 0 Å². The monoisotopic (exact) mass is 322 g/mol. The number of hydrogen-bond acceptors (Lipinski definition) is 5. The van der Waals surface area contributed by atoms with E-state index in [-0.39, 0.29) is 5.75 Å². The fourth-order valence-electron chi connectivity index (χ4n) is 3.25. The van der Waals surface area contributed by atoms with Crippen LogP contribution in [0.25, 0.3) is 22.2 Å². The van der Waals surface area contributed by atoms with E-state index in [1.807, 2.05) is 6.07 Å². The normalized spacial score (nSPS) is 15.2. The molecule has 0 radical (unpaired) electrons. The molecule has 1 saturated heterocycles. The summed E-state index contributed by atoms with van der Waals surface area (Å²) >= 11 is 0. The zero-order chi connectivity index (χ0) is 16.5. The summed E-state index contributed by atoms with van der Waals surface area (Å²) in [6, 6.07) is 10.6. The minimum Gasteiger partial charge on any atom is -0.507 e. The van der Waals surface area contributed by atoms with Gasteiger partial charge in [0.05, 0.1) is 16.8 Å². The zero-order valence-electron chi connectivity index (χ0n) is 13.2. The lowest BCUT2D eigenvalue weighted by Crippen LogP contribution is -2.19. The second-order valence-corrected chi connectivity index (χ2v) is 6.13. The van der Waals surface area contributed by atoms with Gasteiger partial charge in [-0.15, -0.1) is 0 Å². The van der Waals surface area contributed by atoms with Crippen LogP contribution < -0.4 is 5.63 Å². The second-order valence-electron chi connectivity index (χ2n) is 6.13. The number of rotatable bonds is 3. The minimum atomic E-state index is -0.436. The summed E-state index contributed by atoms with van der Waals surface area (Å²) in [7, 11) is 0. The molecule has 0 atom stereocenters. The molecule has 3 heterocycles. The summed E-state index contributed by atoms with van der Waals surface area (Å²) < 4.78 is 5.59. The molecule has 5 heteroatoms. The Hall–Kier alpha value is -2.66. The van der Waals surface area contributed by atoms with E-state index < -0.39 is 5.63 Å². The summed E-state index contributed by atoms with van der Waals surface area (Å²) in [6.07, 6.45) is 3.98. The molecule has 24 heavy (non-hydrogen) atoms. The molecule has 3 aromatic rings. The van der Waals surface area contributed by atoms with E-state index in [1.54, 1.807) is 36.5 Å². The molecule has 0 aliphatic carbocycles. The topological polar surface area (TPSA) is 66.6 Å². The van der Waals surface area contributed by atoms with Crippen LogP contribution in [0, 0.1) is 0 Å². The molecule has 0 spiro atoms. The van der Waals surface area contributed by atoms with Crippen molar-refractivity contribution in [3.8, 4) is 17.0 Å². The van der Waals surface area contributed by atoms with Gasteiger partial charge in [0, 0.05) is 18.1 Å². The van der Waals surface area contributed by atoms with Gasteiger partial charge in [-0.25, -0.2) is 4.79 Å². The predicted molar refractivity (Wildman–Crippen MR) is 91.9 cm³/mol. The number of aromatic nitrogens is 1. The van der Waals surface area contributed by atoms with Crippen LogP contribution in [0.15, 0.2) is 51.8 Å². The lowest BCUT2D eigenvalue weighted by molar-refractivity contribution is 0.323. The number of phenols is 1. The minimum absolute atomic E-state index is 0.170. The van der Waals surface area contributed by atoms with Gasteiger partial charge in [-0.05, 0) is 56.3 Å². The fraction of sp³-hybridized carbons (Fsp3) is 0.263. The van der Waals surface area contributed by atoms with Crippen molar-refractivity contribution < 1.29 is 9.52 Å². The largest absolute Gasteiger partial charge is 0.507 e. The number of benzene rings is 1. The molecule has 1 aromatic carbocycles. The van der Waals surface area contributed by atoms with Gasteiger partial charge >= 0.3 is 5.63 Å². The molecular formula is C19H18N2O3. The van der Waals surface area contributed by atoms with Crippen molar-refractivity contribution >= 4 is 11.0 Å². The van der Waals surface area contributed by atoms with Gasteiger partial charge in [0.25, 0.3) is 0 Å². The average Bonchev–Trinajstić information content (AvgIpc) is 3.11. The van der Waals surface area contributed by atoms with Crippen LogP contribution in [0.3, 0.4) is 0 Å². The van der Waals surface area contributed by atoms with E-state index in [9.17, 15) is 9.90 Å². The average molecular weight is 322 g/mol. The SMILES string of the molecule is O=c1oc2c(CN3CCCC3)c(O)ccc2cc1-c1ccccn1. The number of nitrogens with zero attached hydrogens (tertiary/aromatic N) is 2. The van der Waals surface area contributed by atoms with Crippen molar-refractivity contribution in [2.75, 3.05) is 13.1 Å². The lowest BCUT2D eigenvalue weighted by atomic mass is 10.1. The first-order chi connectivity index (χ1) is 11.7. The third-order valence-corrected chi connectivity index (χ3v) is 4.50. The van der Waals surface area contributed by atoms with Gasteiger partial charge < -0.3 is 9.52 Å². The van der Waals surface area contributed by atoms with E-state index in [0.717, 1.165) is 18.5 Å². The molecule has 122 valence electrons. The van der Waals surface area contributed by atoms with Gasteiger partial charge in [-0.3, -0.25) is 9.88 Å². The molecule has 0 amide bonds. The highest BCUT2D eigenvalue weighted by Gasteiger charge is 2.18. The molecule has 4 rings (SSSR count). The molecule has 1 aliphatic rings. The molecule has 1 N–H and O–H groups in total. The Morgan fingerprint density at radius 1 is 1.17 bits per heavy atom. The first-order valence-electron chi connectivity index (χ1n) is 8.15. The molecule has 1 aliphatic heterocycles. The van der Waals surface area contributed by atoms with E-state index in [2.05, 4.69) is 9.88 Å². The summed E-state index contributed by atoms with van der Waals surface area (Å²) in [4.78, 5) is 18.9. The van der Waals surface area contributed by atoms with Crippen molar-refractivity contribution in [2.24, 2.45) is 0 Å². The summed E-state index contributed by atoms with van der Waals surface area (Å²) in [5, 5.41) is 11.0. The Bertz CT molecular complexity index is 928. The van der Waals surface area contributed by atoms with E-state index in [1.165, 1.54) is 12.8 Å². The summed E-state index contributed by atoms with van der Waals surface area (Å²) in [6.45, 7) is 2.60. The second kappa shape index (κ2) is 6.09. The molecule has 0 unspecified atom stereocenters. The van der Waals surface area contributed by atoms with Crippen molar-refractivity contribution in [3.63, 3.8) is 0 Å². The van der Waals surface area contributed by atoms with E-state index in [4.69, 9.17) is 4.42 Å². The zero-order valence-corrected chi connectivity index (χ0v) is 13.2. The first kappa shape index (κ1) is 14.9. The molecule has 0 bridgehead atoms. The van der Waals surface area contributed by atoms with Crippen LogP contribution in [0.2, 0.25) is 0 Å². The Balaban J connectivity index is 1.84. The maximum Gasteiger partial charge on any atom is 0.345 e. The van der Waals surface area contributed by atoms with Crippen LogP contribution in [0.5, 0.6) is 5.75 Å². The Morgan fingerprint density at radius 3 is 2.75 bits per heavy atom. The van der Waals surface area contributed by atoms with Gasteiger partial charge in [-0.1, -0.05) is 6.07 Å². The summed E-state index contributed by atoms with van der Waals surface area (Å²) in [5.41, 5.74) is 1.73. The number of likely N-dealkylation sites (tertiary alicyclic amines) is 1. The number of pyridine rings is 1. The Morgan fingerprint density at radius 2 is 2.00 bits per heavy atom. The third-order valence-electron chi connectivity index (χ3n) is 4.50. The quantitative estimate of drug-likeness (QED) is 0.750. The number of phenolic OH excluding ortho intramolecular Hbond substituents is 1. The van der Waals surface area contributed by atoms with Crippen molar-refractivity contribution in [2.45, 2.75) is 19.4 Å². The Labute approximate surface area is 139 Å². The van der Waals surface area contributed by atoms with E-state index >= 15 is 0 Å². The van der Waals surface area contributed by atoms with Crippen LogP contribution in [0.1, 0.15) is 18.4 Å². The highest BCUT2D eigenvalue weighted by molar-refractivity contribution is 5.85. The van der Waals surface area contributed by atoms with Gasteiger partial charge in [0.2, 0.25) is 0 Å². The van der Waals surface area contributed by atoms with Crippen LogP contribution in [-0.4, -0.2) is 28.1 Å². The number of fused-ring (bicyclic) bond motifs is 1. The number of hydrogen-bond donors (Lipinski definition) is 1. The van der Waals surface area contributed by atoms with Crippen molar-refractivity contribution in [3.05, 3.63) is 58.6 Å².